The zero-order valence-corrected chi connectivity index (χ0v) is 23.1. The highest BCUT2D eigenvalue weighted by Gasteiger charge is 2.12. The molecule has 0 amide bonds. The fraction of sp³-hybridized carbons (Fsp3) is 0.250. The van der Waals surface area contributed by atoms with Crippen molar-refractivity contribution in [2.75, 3.05) is 20.2 Å². The third-order valence-corrected chi connectivity index (χ3v) is 9.02. The summed E-state index contributed by atoms with van der Waals surface area (Å²) in [6, 6.07) is 21.2. The maximum Gasteiger partial charge on any atom is 0.240 e. The van der Waals surface area contributed by atoms with Gasteiger partial charge >= 0.3 is 0 Å². The van der Waals surface area contributed by atoms with Crippen molar-refractivity contribution < 1.29 is 21.6 Å². The molecule has 3 aromatic carbocycles. The van der Waals surface area contributed by atoms with Gasteiger partial charge in [-0.15, -0.1) is 24.4 Å². The quantitative estimate of drug-likeness (QED) is 0.251. The van der Waals surface area contributed by atoms with Gasteiger partial charge in [-0.1, -0.05) is 26.0 Å². The van der Waals surface area contributed by atoms with Crippen LogP contribution in [0.3, 0.4) is 0 Å². The summed E-state index contributed by atoms with van der Waals surface area (Å²) in [6.07, 6.45) is 0. The lowest BCUT2D eigenvalue weighted by atomic mass is 10.2. The molecule has 190 valence electrons. The molecule has 0 saturated carbocycles. The Bertz CT molecular complexity index is 1260. The van der Waals surface area contributed by atoms with Gasteiger partial charge in [-0.05, 0) is 66.2 Å². The Labute approximate surface area is 218 Å². The van der Waals surface area contributed by atoms with Crippen LogP contribution in [0.5, 0.6) is 5.75 Å². The highest BCUT2D eigenvalue weighted by Crippen LogP contribution is 2.25. The lowest BCUT2D eigenvalue weighted by Gasteiger charge is -2.06. The average molecular weight is 555 g/mol. The van der Waals surface area contributed by atoms with E-state index in [1.54, 1.807) is 57.0 Å². The summed E-state index contributed by atoms with van der Waals surface area (Å²) in [7, 11) is -5.04. The molecule has 0 bridgehead atoms. The van der Waals surface area contributed by atoms with Crippen LogP contribution >= 0.6 is 24.4 Å². The van der Waals surface area contributed by atoms with Gasteiger partial charge in [0.2, 0.25) is 20.0 Å². The number of methoxy groups -OCH3 is 1. The van der Waals surface area contributed by atoms with Crippen LogP contribution in [0.2, 0.25) is 0 Å². The highest BCUT2D eigenvalue weighted by molar-refractivity contribution is 7.98. The van der Waals surface area contributed by atoms with E-state index in [1.807, 2.05) is 36.4 Å². The normalized spacial score (nSPS) is 11.4. The smallest absolute Gasteiger partial charge is 0.240 e. The number of hydrogen-bond acceptors (Lipinski definition) is 7. The Morgan fingerprint density at radius 1 is 0.743 bits per heavy atom. The minimum Gasteiger partial charge on any atom is -0.497 e. The number of rotatable bonds is 10. The molecule has 0 aromatic heterocycles. The fourth-order valence-electron chi connectivity index (χ4n) is 2.78. The molecule has 35 heavy (non-hydrogen) atoms. The molecular formula is C24H30N2O5S4. The number of sulfonamides is 2. The molecule has 3 rings (SSSR count). The number of ether oxygens (including phenoxy) is 1. The molecular weight excluding hydrogens is 525 g/mol. The Morgan fingerprint density at radius 3 is 1.63 bits per heavy atom. The first-order valence-electron chi connectivity index (χ1n) is 10.8. The number of hydrogen-bond donors (Lipinski definition) is 3. The van der Waals surface area contributed by atoms with Gasteiger partial charge in [-0.3, -0.25) is 0 Å². The Balaban J connectivity index is 0.000000283. The van der Waals surface area contributed by atoms with Crippen LogP contribution in [0.25, 0.3) is 0 Å². The van der Waals surface area contributed by atoms with Crippen molar-refractivity contribution >= 4 is 44.4 Å². The van der Waals surface area contributed by atoms with E-state index in [-0.39, 0.29) is 4.90 Å². The molecule has 0 spiro atoms. The summed E-state index contributed by atoms with van der Waals surface area (Å²) in [5.41, 5.74) is 1.19. The lowest BCUT2D eigenvalue weighted by Crippen LogP contribution is -2.22. The first-order chi connectivity index (χ1) is 16.6. The molecule has 0 radical (unpaired) electrons. The van der Waals surface area contributed by atoms with Crippen molar-refractivity contribution in [2.24, 2.45) is 0 Å². The summed E-state index contributed by atoms with van der Waals surface area (Å²) in [5, 5.41) is 0. The van der Waals surface area contributed by atoms with Crippen molar-refractivity contribution in [2.45, 2.75) is 39.2 Å². The maximum absolute atomic E-state index is 11.9. The summed E-state index contributed by atoms with van der Waals surface area (Å²) >= 11 is 5.73. The molecule has 7 nitrogen and oxygen atoms in total. The summed E-state index contributed by atoms with van der Waals surface area (Å²) in [5.74, 6) is 1.66. The van der Waals surface area contributed by atoms with Crippen LogP contribution in [-0.4, -0.2) is 37.0 Å². The standard InChI is InChI=1S/C16H19NO3S2.C8H11NO2S2/c1-3-17-22(18,19)16-10-8-15(9-11-16)21-12-13-4-6-14(20-2)7-5-13;1-2-9-13(10,11)8-5-3-7(12)4-6-8/h4-11,17H,3,12H2,1-2H3;3-6,9,12H,2H2,1H3. The molecule has 0 unspecified atom stereocenters. The van der Waals surface area contributed by atoms with Crippen molar-refractivity contribution in [3.05, 3.63) is 78.4 Å². The van der Waals surface area contributed by atoms with E-state index in [4.69, 9.17) is 4.74 Å². The molecule has 3 aromatic rings. The molecule has 0 aliphatic carbocycles. The van der Waals surface area contributed by atoms with Crippen LogP contribution in [0.1, 0.15) is 19.4 Å². The molecule has 2 N–H and O–H groups in total. The second-order valence-electron chi connectivity index (χ2n) is 7.10. The van der Waals surface area contributed by atoms with E-state index in [0.717, 1.165) is 21.3 Å². The van der Waals surface area contributed by atoms with Gasteiger partial charge < -0.3 is 4.74 Å². The van der Waals surface area contributed by atoms with Gasteiger partial charge in [-0.25, -0.2) is 26.3 Å². The van der Waals surface area contributed by atoms with Crippen LogP contribution in [0.4, 0.5) is 0 Å². The zero-order valence-electron chi connectivity index (χ0n) is 19.8. The van der Waals surface area contributed by atoms with E-state index < -0.39 is 20.0 Å². The van der Waals surface area contributed by atoms with Crippen LogP contribution in [0, 0.1) is 0 Å². The van der Waals surface area contributed by atoms with Crippen LogP contribution in [0.15, 0.2) is 92.4 Å². The van der Waals surface area contributed by atoms with Gasteiger partial charge in [0.05, 0.1) is 16.9 Å². The van der Waals surface area contributed by atoms with Gasteiger partial charge in [0.25, 0.3) is 0 Å². The van der Waals surface area contributed by atoms with Crippen LogP contribution < -0.4 is 14.2 Å². The zero-order chi connectivity index (χ0) is 25.9. The lowest BCUT2D eigenvalue weighted by molar-refractivity contribution is 0.414. The highest BCUT2D eigenvalue weighted by atomic mass is 32.2. The number of thiol groups is 1. The third-order valence-electron chi connectivity index (χ3n) is 4.51. The van der Waals surface area contributed by atoms with E-state index in [2.05, 4.69) is 22.1 Å². The molecule has 11 heteroatoms. The monoisotopic (exact) mass is 554 g/mol. The summed E-state index contributed by atoms with van der Waals surface area (Å²) < 4.78 is 56.5. The third kappa shape index (κ3) is 9.51. The molecule has 0 aliphatic heterocycles. The van der Waals surface area contributed by atoms with Crippen molar-refractivity contribution in [1.82, 2.24) is 9.44 Å². The van der Waals surface area contributed by atoms with Crippen molar-refractivity contribution in [3.63, 3.8) is 0 Å². The molecule has 0 saturated heterocycles. The Hall–Kier alpha value is -2.02. The van der Waals surface area contributed by atoms with E-state index in [0.29, 0.717) is 18.0 Å². The Kier molecular flexibility index (Phi) is 11.6. The van der Waals surface area contributed by atoms with Gasteiger partial charge in [0.15, 0.2) is 0 Å². The van der Waals surface area contributed by atoms with E-state index in [9.17, 15) is 16.8 Å². The number of thioether (sulfide) groups is 1. The molecule has 0 aliphatic rings. The summed E-state index contributed by atoms with van der Waals surface area (Å²) in [6.45, 7) is 4.28. The van der Waals surface area contributed by atoms with Gasteiger partial charge in [0.1, 0.15) is 5.75 Å². The van der Waals surface area contributed by atoms with E-state index in [1.165, 1.54) is 17.7 Å². The first kappa shape index (κ1) is 29.2. The van der Waals surface area contributed by atoms with E-state index >= 15 is 0 Å². The predicted octanol–water partition coefficient (Wildman–Crippen LogP) is 4.56. The minimum absolute atomic E-state index is 0.271. The summed E-state index contributed by atoms with van der Waals surface area (Å²) in [4.78, 5) is 2.34. The molecule has 0 atom stereocenters. The largest absolute Gasteiger partial charge is 0.497 e. The first-order valence-corrected chi connectivity index (χ1v) is 15.2. The van der Waals surface area contributed by atoms with Gasteiger partial charge in [-0.2, -0.15) is 0 Å². The van der Waals surface area contributed by atoms with Crippen molar-refractivity contribution in [1.29, 1.82) is 0 Å². The molecule has 0 heterocycles. The van der Waals surface area contributed by atoms with Crippen LogP contribution in [-0.2, 0) is 25.8 Å². The average Bonchev–Trinajstić information content (AvgIpc) is 2.84. The van der Waals surface area contributed by atoms with Gasteiger partial charge in [0, 0.05) is 28.6 Å². The number of benzene rings is 3. The topological polar surface area (TPSA) is 102 Å². The Morgan fingerprint density at radius 2 is 1.20 bits per heavy atom. The predicted molar refractivity (Wildman–Crippen MR) is 144 cm³/mol. The minimum atomic E-state index is -3.38. The number of nitrogens with one attached hydrogen (secondary N) is 2. The SMILES string of the molecule is CCNS(=O)(=O)c1ccc(S)cc1.CCNS(=O)(=O)c1ccc(SCc2ccc(OC)cc2)cc1. The second-order valence-corrected chi connectivity index (χ2v) is 12.2. The fourth-order valence-corrected chi connectivity index (χ4v) is 5.86. The maximum atomic E-state index is 11.9. The van der Waals surface area contributed by atoms with Crippen molar-refractivity contribution in [3.8, 4) is 5.75 Å². The second kappa shape index (κ2) is 13.9. The molecule has 0 fully saturated rings.